The average molecular weight is 318 g/mol. The fraction of sp³-hybridized carbons (Fsp3) is 0.182. The van der Waals surface area contributed by atoms with Gasteiger partial charge in [0.15, 0.2) is 0 Å². The number of hydrogen-bond acceptors (Lipinski definition) is 5. The summed E-state index contributed by atoms with van der Waals surface area (Å²) in [4.78, 5) is 11.7. The third-order valence-corrected chi connectivity index (χ3v) is 3.70. The van der Waals surface area contributed by atoms with E-state index in [1.807, 2.05) is 0 Å². The molecule has 2 aromatic rings. The Hall–Kier alpha value is -1.24. The summed E-state index contributed by atoms with van der Waals surface area (Å²) in [7, 11) is 0. The highest BCUT2D eigenvalue weighted by Crippen LogP contribution is 2.29. The summed E-state index contributed by atoms with van der Waals surface area (Å²) in [6.07, 6.45) is 0. The Bertz CT molecular complexity index is 603. The van der Waals surface area contributed by atoms with Gasteiger partial charge in [-0.1, -0.05) is 41.0 Å². The highest BCUT2D eigenvalue weighted by atomic mass is 35.5. The summed E-state index contributed by atoms with van der Waals surface area (Å²) < 4.78 is 5.14. The fourth-order valence-corrected chi connectivity index (χ4v) is 2.20. The molecule has 2 rings (SSSR count). The first kappa shape index (κ1) is 14.2. The van der Waals surface area contributed by atoms with Crippen LogP contribution in [-0.4, -0.2) is 21.9 Å². The summed E-state index contributed by atoms with van der Waals surface area (Å²) >= 11 is 13.0. The first-order chi connectivity index (χ1) is 9.06. The van der Waals surface area contributed by atoms with Crippen LogP contribution in [0.1, 0.15) is 5.89 Å². The van der Waals surface area contributed by atoms with Gasteiger partial charge in [-0.15, -0.1) is 10.2 Å². The second kappa shape index (κ2) is 6.27. The lowest BCUT2D eigenvalue weighted by atomic mass is 10.3. The molecule has 0 aliphatic rings. The number of anilines is 1. The van der Waals surface area contributed by atoms with Crippen LogP contribution < -0.4 is 5.32 Å². The molecule has 5 nitrogen and oxygen atoms in total. The van der Waals surface area contributed by atoms with Crippen LogP contribution in [0.4, 0.5) is 5.69 Å². The number of halogens is 2. The molecule has 1 N–H and O–H groups in total. The summed E-state index contributed by atoms with van der Waals surface area (Å²) in [5.41, 5.74) is 0.474. The molecule has 0 spiro atoms. The number of aryl methyl sites for hydroxylation is 1. The molecule has 100 valence electrons. The van der Waals surface area contributed by atoms with Gasteiger partial charge in [-0.3, -0.25) is 4.79 Å². The lowest BCUT2D eigenvalue weighted by Crippen LogP contribution is -2.14. The standard InChI is InChI=1S/C11H9Cl2N3O2S/c1-6-15-16-11(18-6)19-5-9(17)14-8-4-2-3-7(12)10(8)13/h2-4H,5H2,1H3,(H,14,17). The van der Waals surface area contributed by atoms with Crippen molar-refractivity contribution in [1.29, 1.82) is 0 Å². The number of hydrogen-bond donors (Lipinski definition) is 1. The molecule has 0 saturated carbocycles. The number of thioether (sulfide) groups is 1. The Morgan fingerprint density at radius 1 is 1.42 bits per heavy atom. The first-order valence-corrected chi connectivity index (χ1v) is 6.97. The van der Waals surface area contributed by atoms with Gasteiger partial charge in [-0.2, -0.15) is 0 Å². The maximum Gasteiger partial charge on any atom is 0.277 e. The number of nitrogens with one attached hydrogen (secondary N) is 1. The molecule has 0 fully saturated rings. The fourth-order valence-electron chi connectivity index (χ4n) is 1.25. The van der Waals surface area contributed by atoms with Crippen LogP contribution in [-0.2, 0) is 4.79 Å². The van der Waals surface area contributed by atoms with E-state index in [2.05, 4.69) is 15.5 Å². The van der Waals surface area contributed by atoms with Gasteiger partial charge >= 0.3 is 0 Å². The second-order valence-electron chi connectivity index (χ2n) is 3.53. The highest BCUT2D eigenvalue weighted by Gasteiger charge is 2.10. The Morgan fingerprint density at radius 2 is 2.21 bits per heavy atom. The molecule has 0 atom stereocenters. The first-order valence-electron chi connectivity index (χ1n) is 5.23. The van der Waals surface area contributed by atoms with E-state index in [1.54, 1.807) is 25.1 Å². The van der Waals surface area contributed by atoms with Crippen molar-refractivity contribution in [1.82, 2.24) is 10.2 Å². The SMILES string of the molecule is Cc1nnc(SCC(=O)Nc2cccc(Cl)c2Cl)o1. The number of benzene rings is 1. The van der Waals surface area contributed by atoms with Crippen LogP contribution in [0, 0.1) is 6.92 Å². The maximum atomic E-state index is 11.7. The molecule has 1 aromatic heterocycles. The minimum absolute atomic E-state index is 0.143. The number of rotatable bonds is 4. The minimum Gasteiger partial charge on any atom is -0.416 e. The molecule has 0 bridgehead atoms. The molecule has 0 unspecified atom stereocenters. The van der Waals surface area contributed by atoms with Crippen LogP contribution >= 0.6 is 35.0 Å². The van der Waals surface area contributed by atoms with Gasteiger partial charge in [0, 0.05) is 6.92 Å². The number of carbonyl (C=O) groups excluding carboxylic acids is 1. The van der Waals surface area contributed by atoms with Crippen LogP contribution in [0.25, 0.3) is 0 Å². The molecule has 1 amide bonds. The zero-order valence-electron chi connectivity index (χ0n) is 9.81. The van der Waals surface area contributed by atoms with Crippen molar-refractivity contribution in [2.24, 2.45) is 0 Å². The zero-order chi connectivity index (χ0) is 13.8. The summed E-state index contributed by atoms with van der Waals surface area (Å²) in [5.74, 6) is 0.371. The van der Waals surface area contributed by atoms with Crippen molar-refractivity contribution < 1.29 is 9.21 Å². The van der Waals surface area contributed by atoms with Crippen LogP contribution in [0.15, 0.2) is 27.8 Å². The van der Waals surface area contributed by atoms with Crippen molar-refractivity contribution in [3.8, 4) is 0 Å². The summed E-state index contributed by atoms with van der Waals surface area (Å²) in [6.45, 7) is 1.68. The average Bonchev–Trinajstić information content (AvgIpc) is 2.78. The summed E-state index contributed by atoms with van der Waals surface area (Å²) in [6, 6.07) is 5.03. The van der Waals surface area contributed by atoms with E-state index in [-0.39, 0.29) is 11.7 Å². The van der Waals surface area contributed by atoms with Gasteiger partial charge < -0.3 is 9.73 Å². The van der Waals surface area contributed by atoms with Gasteiger partial charge in [-0.05, 0) is 12.1 Å². The molecule has 0 aliphatic heterocycles. The molecular weight excluding hydrogens is 309 g/mol. The third kappa shape index (κ3) is 3.86. The van der Waals surface area contributed by atoms with Crippen molar-refractivity contribution in [2.75, 3.05) is 11.1 Å². The van der Waals surface area contributed by atoms with E-state index in [9.17, 15) is 4.79 Å². The second-order valence-corrected chi connectivity index (χ2v) is 5.24. The Labute approximate surface area is 123 Å². The predicted octanol–water partition coefficient (Wildman–Crippen LogP) is 3.42. The molecule has 0 radical (unpaired) electrons. The number of amides is 1. The van der Waals surface area contributed by atoms with Crippen LogP contribution in [0.3, 0.4) is 0 Å². The van der Waals surface area contributed by atoms with E-state index in [0.717, 1.165) is 11.8 Å². The van der Waals surface area contributed by atoms with Crippen LogP contribution in [0.2, 0.25) is 10.0 Å². The van der Waals surface area contributed by atoms with E-state index in [0.29, 0.717) is 26.8 Å². The van der Waals surface area contributed by atoms with Crippen molar-refractivity contribution >= 4 is 46.6 Å². The van der Waals surface area contributed by atoms with Gasteiger partial charge in [0.05, 0.1) is 21.5 Å². The lowest BCUT2D eigenvalue weighted by Gasteiger charge is -2.07. The molecule has 8 heteroatoms. The molecule has 19 heavy (non-hydrogen) atoms. The number of aromatic nitrogens is 2. The van der Waals surface area contributed by atoms with Crippen molar-refractivity contribution in [2.45, 2.75) is 12.1 Å². The topological polar surface area (TPSA) is 68.0 Å². The molecule has 0 aliphatic carbocycles. The molecule has 1 aromatic carbocycles. The van der Waals surface area contributed by atoms with E-state index >= 15 is 0 Å². The monoisotopic (exact) mass is 317 g/mol. The van der Waals surface area contributed by atoms with Gasteiger partial charge in [0.1, 0.15) is 0 Å². The Balaban J connectivity index is 1.92. The Kier molecular flexibility index (Phi) is 4.68. The third-order valence-electron chi connectivity index (χ3n) is 2.06. The largest absolute Gasteiger partial charge is 0.416 e. The van der Waals surface area contributed by atoms with Crippen molar-refractivity contribution in [3.63, 3.8) is 0 Å². The highest BCUT2D eigenvalue weighted by molar-refractivity contribution is 7.99. The van der Waals surface area contributed by atoms with E-state index in [4.69, 9.17) is 27.6 Å². The quantitative estimate of drug-likeness (QED) is 0.875. The van der Waals surface area contributed by atoms with Gasteiger partial charge in [0.25, 0.3) is 5.22 Å². The molecule has 1 heterocycles. The zero-order valence-corrected chi connectivity index (χ0v) is 12.1. The Morgan fingerprint density at radius 3 is 2.89 bits per heavy atom. The lowest BCUT2D eigenvalue weighted by molar-refractivity contribution is -0.113. The van der Waals surface area contributed by atoms with Gasteiger partial charge in [0.2, 0.25) is 11.8 Å². The minimum atomic E-state index is -0.231. The van der Waals surface area contributed by atoms with E-state index < -0.39 is 0 Å². The normalized spacial score (nSPS) is 10.5. The predicted molar refractivity (Wildman–Crippen MR) is 74.9 cm³/mol. The molecular formula is C11H9Cl2N3O2S. The maximum absolute atomic E-state index is 11.7. The number of nitrogens with zero attached hydrogens (tertiary/aromatic N) is 2. The molecule has 0 saturated heterocycles. The van der Waals surface area contributed by atoms with Crippen molar-refractivity contribution in [3.05, 3.63) is 34.1 Å². The number of carbonyl (C=O) groups is 1. The van der Waals surface area contributed by atoms with E-state index in [1.165, 1.54) is 0 Å². The van der Waals surface area contributed by atoms with Gasteiger partial charge in [-0.25, -0.2) is 0 Å². The summed E-state index contributed by atoms with van der Waals surface area (Å²) in [5, 5.41) is 11.2. The smallest absolute Gasteiger partial charge is 0.277 e. The van der Waals surface area contributed by atoms with Crippen LogP contribution in [0.5, 0.6) is 0 Å².